The van der Waals surface area contributed by atoms with Crippen molar-refractivity contribution in [2.45, 2.75) is 19.3 Å². The van der Waals surface area contributed by atoms with Crippen LogP contribution in [0.1, 0.15) is 28.1 Å². The van der Waals surface area contributed by atoms with Crippen LogP contribution in [0.15, 0.2) is 27.2 Å². The van der Waals surface area contributed by atoms with Crippen LogP contribution < -0.4 is 16.1 Å². The molecule has 1 aliphatic heterocycles. The molecule has 0 aliphatic carbocycles. The molecule has 2 aromatic heterocycles. The molecule has 1 amide bonds. The van der Waals surface area contributed by atoms with E-state index >= 15 is 0 Å². The zero-order chi connectivity index (χ0) is 15.0. The Balaban J connectivity index is 2.06. The van der Waals surface area contributed by atoms with Crippen molar-refractivity contribution in [2.75, 3.05) is 11.4 Å². The van der Waals surface area contributed by atoms with E-state index in [4.69, 9.17) is 0 Å². The third-order valence-corrected chi connectivity index (χ3v) is 4.60. The number of aromatic nitrogens is 2. The fraction of sp³-hybridized carbons (Fsp3) is 0.357. The van der Waals surface area contributed by atoms with Gasteiger partial charge in [-0.15, -0.1) is 11.3 Å². The zero-order valence-electron chi connectivity index (χ0n) is 11.6. The van der Waals surface area contributed by atoms with Gasteiger partial charge < -0.3 is 9.47 Å². The average Bonchev–Trinajstić information content (AvgIpc) is 2.82. The number of nitrogens with zero attached hydrogens (tertiary/aromatic N) is 2. The van der Waals surface area contributed by atoms with Gasteiger partial charge in [-0.25, -0.2) is 4.79 Å². The van der Waals surface area contributed by atoms with Gasteiger partial charge in [0.25, 0.3) is 11.5 Å². The fourth-order valence-corrected chi connectivity index (χ4v) is 3.43. The first-order valence-electron chi connectivity index (χ1n) is 6.76. The molecule has 0 saturated heterocycles. The van der Waals surface area contributed by atoms with Crippen LogP contribution in [0.2, 0.25) is 0 Å². The Labute approximate surface area is 124 Å². The third-order valence-electron chi connectivity index (χ3n) is 3.63. The molecular formula is C14H15N3O3S. The van der Waals surface area contributed by atoms with Crippen molar-refractivity contribution in [1.29, 1.82) is 0 Å². The first kappa shape index (κ1) is 13.8. The topological polar surface area (TPSA) is 75.2 Å². The van der Waals surface area contributed by atoms with Gasteiger partial charge in [-0.1, -0.05) is 0 Å². The number of aryl methyl sites for hydroxylation is 2. The van der Waals surface area contributed by atoms with Crippen LogP contribution >= 0.6 is 11.3 Å². The molecule has 0 fully saturated rings. The monoisotopic (exact) mass is 305 g/mol. The summed E-state index contributed by atoms with van der Waals surface area (Å²) < 4.78 is 1.21. The van der Waals surface area contributed by atoms with Gasteiger partial charge in [0.1, 0.15) is 5.56 Å². The molecule has 0 radical (unpaired) electrons. The lowest BCUT2D eigenvalue weighted by atomic mass is 10.2. The maximum atomic E-state index is 12.7. The van der Waals surface area contributed by atoms with Crippen molar-refractivity contribution < 1.29 is 4.79 Å². The second-order valence-electron chi connectivity index (χ2n) is 5.06. The van der Waals surface area contributed by atoms with E-state index in [1.165, 1.54) is 22.7 Å². The quantitative estimate of drug-likeness (QED) is 0.858. The smallest absolute Gasteiger partial charge is 0.307 e. The van der Waals surface area contributed by atoms with E-state index in [1.807, 2.05) is 11.4 Å². The van der Waals surface area contributed by atoms with Gasteiger partial charge in [-0.2, -0.15) is 0 Å². The summed E-state index contributed by atoms with van der Waals surface area (Å²) in [4.78, 5) is 41.0. The second kappa shape index (κ2) is 5.33. The Kier molecular flexibility index (Phi) is 3.50. The number of thiophene rings is 1. The number of fused-ring (bicyclic) bond motifs is 1. The van der Waals surface area contributed by atoms with Gasteiger partial charge in [-0.05, 0) is 30.7 Å². The Morgan fingerprint density at radius 1 is 1.33 bits per heavy atom. The SMILES string of the molecule is Cn1cc(C(=O)N2CCCCc3sccc32)c(=O)[nH]c1=O. The number of hydrogen-bond acceptors (Lipinski definition) is 4. The summed E-state index contributed by atoms with van der Waals surface area (Å²) in [5.41, 5.74) is -0.278. The van der Waals surface area contributed by atoms with Crippen molar-refractivity contribution >= 4 is 22.9 Å². The molecule has 3 heterocycles. The highest BCUT2D eigenvalue weighted by Crippen LogP contribution is 2.31. The zero-order valence-corrected chi connectivity index (χ0v) is 12.4. The van der Waals surface area contributed by atoms with Gasteiger partial charge in [0.15, 0.2) is 0 Å². The van der Waals surface area contributed by atoms with Crippen LogP contribution in [-0.4, -0.2) is 22.0 Å². The second-order valence-corrected chi connectivity index (χ2v) is 6.06. The Bertz CT molecular complexity index is 802. The number of anilines is 1. The van der Waals surface area contributed by atoms with Crippen LogP contribution in [0.3, 0.4) is 0 Å². The third kappa shape index (κ3) is 2.44. The minimum atomic E-state index is -0.635. The van der Waals surface area contributed by atoms with Crippen LogP contribution in [0.4, 0.5) is 5.69 Å². The summed E-state index contributed by atoms with van der Waals surface area (Å²) in [5.74, 6) is -0.353. The molecule has 21 heavy (non-hydrogen) atoms. The van der Waals surface area contributed by atoms with Crippen LogP contribution in [0.5, 0.6) is 0 Å². The molecule has 2 aromatic rings. The number of nitrogens with one attached hydrogen (secondary N) is 1. The number of amides is 1. The van der Waals surface area contributed by atoms with Crippen molar-refractivity contribution in [1.82, 2.24) is 9.55 Å². The standard InChI is InChI=1S/C14H15N3O3S/c1-16-8-9(12(18)15-14(16)20)13(19)17-6-3-2-4-11-10(17)5-7-21-11/h5,7-8H,2-4,6H2,1H3,(H,15,18,20). The molecule has 0 bridgehead atoms. The number of aromatic amines is 1. The van der Waals surface area contributed by atoms with Crippen molar-refractivity contribution in [3.05, 3.63) is 48.9 Å². The number of hydrogen-bond donors (Lipinski definition) is 1. The summed E-state index contributed by atoms with van der Waals surface area (Å²) in [6.45, 7) is 0.588. The Morgan fingerprint density at radius 3 is 2.95 bits per heavy atom. The maximum Gasteiger partial charge on any atom is 0.328 e. The molecule has 0 atom stereocenters. The molecule has 1 N–H and O–H groups in total. The van der Waals surface area contributed by atoms with Crippen molar-refractivity contribution in [3.8, 4) is 0 Å². The predicted octanol–water partition coefficient (Wildman–Crippen LogP) is 1.12. The summed E-state index contributed by atoms with van der Waals surface area (Å²) in [6, 6.07) is 1.92. The largest absolute Gasteiger partial charge is 0.328 e. The van der Waals surface area contributed by atoms with Crippen molar-refractivity contribution in [2.24, 2.45) is 7.05 Å². The van der Waals surface area contributed by atoms with Crippen molar-refractivity contribution in [3.63, 3.8) is 0 Å². The van der Waals surface area contributed by atoms with E-state index in [-0.39, 0.29) is 11.5 Å². The van der Waals surface area contributed by atoms with Crippen LogP contribution in [-0.2, 0) is 13.5 Å². The van der Waals surface area contributed by atoms with E-state index in [1.54, 1.807) is 16.2 Å². The lowest BCUT2D eigenvalue weighted by Crippen LogP contribution is -2.39. The van der Waals surface area contributed by atoms with Crippen LogP contribution in [0, 0.1) is 0 Å². The number of carbonyl (C=O) groups excluding carboxylic acids is 1. The van der Waals surface area contributed by atoms with Gasteiger partial charge in [0, 0.05) is 24.7 Å². The average molecular weight is 305 g/mol. The highest BCUT2D eigenvalue weighted by Gasteiger charge is 2.25. The summed E-state index contributed by atoms with van der Waals surface area (Å²) in [7, 11) is 1.51. The van der Waals surface area contributed by atoms with Gasteiger partial charge >= 0.3 is 5.69 Å². The van der Waals surface area contributed by atoms with E-state index in [9.17, 15) is 14.4 Å². The molecule has 7 heteroatoms. The van der Waals surface area contributed by atoms with E-state index in [0.29, 0.717) is 6.54 Å². The first-order valence-corrected chi connectivity index (χ1v) is 7.64. The van der Waals surface area contributed by atoms with E-state index in [0.717, 1.165) is 24.9 Å². The van der Waals surface area contributed by atoms with Gasteiger partial charge in [-0.3, -0.25) is 14.6 Å². The lowest BCUT2D eigenvalue weighted by Gasteiger charge is -2.20. The predicted molar refractivity (Wildman–Crippen MR) is 81.2 cm³/mol. The summed E-state index contributed by atoms with van der Waals surface area (Å²) in [5, 5.41) is 1.96. The van der Waals surface area contributed by atoms with Gasteiger partial charge in [0.2, 0.25) is 0 Å². The van der Waals surface area contributed by atoms with E-state index < -0.39 is 11.2 Å². The molecule has 6 nitrogen and oxygen atoms in total. The minimum absolute atomic E-state index is 0.00356. The minimum Gasteiger partial charge on any atom is -0.307 e. The van der Waals surface area contributed by atoms with E-state index in [2.05, 4.69) is 4.98 Å². The molecule has 0 spiro atoms. The Morgan fingerprint density at radius 2 is 2.14 bits per heavy atom. The maximum absolute atomic E-state index is 12.7. The highest BCUT2D eigenvalue weighted by molar-refractivity contribution is 7.10. The normalized spacial score (nSPS) is 14.6. The molecular weight excluding hydrogens is 290 g/mol. The number of H-pyrrole nitrogens is 1. The molecule has 0 unspecified atom stereocenters. The summed E-state index contributed by atoms with van der Waals surface area (Å²) >= 11 is 1.63. The molecule has 1 aliphatic rings. The molecule has 3 rings (SSSR count). The Hall–Kier alpha value is -2.15. The first-order chi connectivity index (χ1) is 10.1. The summed E-state index contributed by atoms with van der Waals surface area (Å²) in [6.07, 6.45) is 4.19. The molecule has 110 valence electrons. The fourth-order valence-electron chi connectivity index (χ4n) is 2.51. The lowest BCUT2D eigenvalue weighted by molar-refractivity contribution is 0.0984. The molecule has 0 aromatic carbocycles. The highest BCUT2D eigenvalue weighted by atomic mass is 32.1. The number of carbonyl (C=O) groups is 1. The van der Waals surface area contributed by atoms with Crippen LogP contribution in [0.25, 0.3) is 0 Å². The van der Waals surface area contributed by atoms with Gasteiger partial charge in [0.05, 0.1) is 5.69 Å². The molecule has 0 saturated carbocycles. The number of rotatable bonds is 1.